The number of nitrogens with zero attached hydrogens (tertiary/aromatic N) is 1. The van der Waals surface area contributed by atoms with Gasteiger partial charge < -0.3 is 5.73 Å². The number of carbonyl (C=O) groups excluding carboxylic acids is 1. The van der Waals surface area contributed by atoms with Crippen LogP contribution < -0.4 is 5.73 Å². The second kappa shape index (κ2) is 4.84. The van der Waals surface area contributed by atoms with Crippen molar-refractivity contribution in [3.63, 3.8) is 0 Å². The Balaban J connectivity index is 2.35. The summed E-state index contributed by atoms with van der Waals surface area (Å²) < 4.78 is 0. The lowest BCUT2D eigenvalue weighted by molar-refractivity contribution is 0.0908. The smallest absolute Gasteiger partial charge is 0.174 e. The summed E-state index contributed by atoms with van der Waals surface area (Å²) in [5.41, 5.74) is 8.27. The van der Waals surface area contributed by atoms with Crippen LogP contribution in [0.2, 0.25) is 0 Å². The molecule has 0 saturated heterocycles. The molecule has 0 unspecified atom stereocenters. The molecule has 98 valence electrons. The van der Waals surface area contributed by atoms with Crippen molar-refractivity contribution in [1.29, 1.82) is 0 Å². The van der Waals surface area contributed by atoms with E-state index in [0.717, 1.165) is 11.3 Å². The highest BCUT2D eigenvalue weighted by Gasteiger charge is 2.30. The number of anilines is 1. The zero-order valence-corrected chi connectivity index (χ0v) is 11.5. The summed E-state index contributed by atoms with van der Waals surface area (Å²) in [6, 6.07) is 11.1. The van der Waals surface area contributed by atoms with E-state index in [-0.39, 0.29) is 5.78 Å². The molecule has 0 aliphatic rings. The number of hydrogen-bond acceptors (Lipinski definition) is 3. The minimum absolute atomic E-state index is 0.0600. The van der Waals surface area contributed by atoms with Gasteiger partial charge in [0, 0.05) is 23.1 Å². The fourth-order valence-electron chi connectivity index (χ4n) is 1.99. The van der Waals surface area contributed by atoms with Crippen molar-refractivity contribution in [2.75, 3.05) is 5.73 Å². The predicted octanol–water partition coefficient (Wildman–Crippen LogP) is 3.13. The van der Waals surface area contributed by atoms with E-state index in [9.17, 15) is 4.79 Å². The van der Waals surface area contributed by atoms with Crippen molar-refractivity contribution in [3.05, 3.63) is 59.4 Å². The van der Waals surface area contributed by atoms with Gasteiger partial charge >= 0.3 is 0 Å². The lowest BCUT2D eigenvalue weighted by atomic mass is 9.78. The van der Waals surface area contributed by atoms with E-state index < -0.39 is 5.41 Å². The number of ketones is 1. The van der Waals surface area contributed by atoms with Gasteiger partial charge in [0.15, 0.2) is 5.78 Å². The van der Waals surface area contributed by atoms with Gasteiger partial charge in [-0.25, -0.2) is 0 Å². The van der Waals surface area contributed by atoms with Crippen LogP contribution in [0.5, 0.6) is 0 Å². The topological polar surface area (TPSA) is 56.0 Å². The summed E-state index contributed by atoms with van der Waals surface area (Å²) in [6.07, 6.45) is 1.64. The lowest BCUT2D eigenvalue weighted by Gasteiger charge is -2.23. The number of carbonyl (C=O) groups is 1. The van der Waals surface area contributed by atoms with Gasteiger partial charge in [-0.1, -0.05) is 12.1 Å². The minimum Gasteiger partial charge on any atom is -0.399 e. The maximum atomic E-state index is 12.6. The maximum absolute atomic E-state index is 12.6. The molecule has 19 heavy (non-hydrogen) atoms. The second-order valence-electron chi connectivity index (χ2n) is 5.26. The van der Waals surface area contributed by atoms with Crippen LogP contribution in [0.15, 0.2) is 42.6 Å². The van der Waals surface area contributed by atoms with Crippen LogP contribution in [-0.4, -0.2) is 10.8 Å². The third kappa shape index (κ3) is 2.65. The molecule has 0 amide bonds. The molecule has 2 N–H and O–H groups in total. The third-order valence-corrected chi connectivity index (χ3v) is 3.37. The molecule has 1 aromatic heterocycles. The van der Waals surface area contributed by atoms with E-state index in [1.54, 1.807) is 6.20 Å². The highest BCUT2D eigenvalue weighted by Crippen LogP contribution is 2.28. The highest BCUT2D eigenvalue weighted by atomic mass is 16.1. The van der Waals surface area contributed by atoms with E-state index in [1.807, 2.05) is 57.2 Å². The van der Waals surface area contributed by atoms with Crippen LogP contribution in [0.1, 0.15) is 35.5 Å². The number of nitrogen functional groups attached to an aromatic ring is 1. The van der Waals surface area contributed by atoms with Crippen molar-refractivity contribution in [2.45, 2.75) is 26.2 Å². The quantitative estimate of drug-likeness (QED) is 0.676. The Labute approximate surface area is 113 Å². The molecule has 0 spiro atoms. The van der Waals surface area contributed by atoms with Gasteiger partial charge in [0.25, 0.3) is 0 Å². The van der Waals surface area contributed by atoms with Gasteiger partial charge in [-0.3, -0.25) is 9.78 Å². The SMILES string of the molecule is Cc1ccc(C(=O)C(C)(C)c2ccc(N)cc2)cn1. The Morgan fingerprint density at radius 3 is 2.26 bits per heavy atom. The zero-order chi connectivity index (χ0) is 14.0. The molecule has 0 radical (unpaired) electrons. The first-order valence-corrected chi connectivity index (χ1v) is 6.25. The average Bonchev–Trinajstić information content (AvgIpc) is 2.39. The van der Waals surface area contributed by atoms with Gasteiger partial charge in [0.05, 0.1) is 5.41 Å². The molecular weight excluding hydrogens is 236 g/mol. The molecule has 3 nitrogen and oxygen atoms in total. The van der Waals surface area contributed by atoms with E-state index in [4.69, 9.17) is 5.73 Å². The van der Waals surface area contributed by atoms with Gasteiger partial charge in [-0.15, -0.1) is 0 Å². The monoisotopic (exact) mass is 254 g/mol. The molecule has 3 heteroatoms. The largest absolute Gasteiger partial charge is 0.399 e. The number of benzene rings is 1. The first-order chi connectivity index (χ1) is 8.91. The van der Waals surface area contributed by atoms with E-state index >= 15 is 0 Å². The number of nitrogens with two attached hydrogens (primary N) is 1. The van der Waals surface area contributed by atoms with Crippen LogP contribution in [-0.2, 0) is 5.41 Å². The number of hydrogen-bond donors (Lipinski definition) is 1. The number of Topliss-reactive ketones (excluding diaryl/α,β-unsaturated/α-hetero) is 1. The van der Waals surface area contributed by atoms with Crippen LogP contribution in [0.4, 0.5) is 5.69 Å². The molecular formula is C16H18N2O. The van der Waals surface area contributed by atoms with Gasteiger partial charge in [0.2, 0.25) is 0 Å². The molecule has 0 bridgehead atoms. The molecule has 2 aromatic rings. The summed E-state index contributed by atoms with van der Waals surface area (Å²) in [7, 11) is 0. The Hall–Kier alpha value is -2.16. The number of aromatic nitrogens is 1. The second-order valence-corrected chi connectivity index (χ2v) is 5.26. The molecule has 2 rings (SSSR count). The summed E-state index contributed by atoms with van der Waals surface area (Å²) in [4.78, 5) is 16.8. The first-order valence-electron chi connectivity index (χ1n) is 6.25. The van der Waals surface area contributed by atoms with Crippen LogP contribution in [0.3, 0.4) is 0 Å². The molecule has 1 aromatic carbocycles. The summed E-state index contributed by atoms with van der Waals surface area (Å²) in [6.45, 7) is 5.74. The predicted molar refractivity (Wildman–Crippen MR) is 77.2 cm³/mol. The first kappa shape index (κ1) is 13.3. The third-order valence-electron chi connectivity index (χ3n) is 3.37. The molecule has 0 atom stereocenters. The molecule has 0 aliphatic heterocycles. The van der Waals surface area contributed by atoms with E-state index in [2.05, 4.69) is 4.98 Å². The van der Waals surface area contributed by atoms with Crippen molar-refractivity contribution >= 4 is 11.5 Å². The lowest BCUT2D eigenvalue weighted by Crippen LogP contribution is -2.29. The summed E-state index contributed by atoms with van der Waals surface area (Å²) in [5.74, 6) is 0.0600. The molecule has 0 saturated carbocycles. The zero-order valence-electron chi connectivity index (χ0n) is 11.5. The minimum atomic E-state index is -0.593. The van der Waals surface area contributed by atoms with Crippen molar-refractivity contribution in [1.82, 2.24) is 4.98 Å². The number of pyridine rings is 1. The molecule has 0 fully saturated rings. The molecule has 1 heterocycles. The fourth-order valence-corrected chi connectivity index (χ4v) is 1.99. The van der Waals surface area contributed by atoms with Crippen molar-refractivity contribution in [3.8, 4) is 0 Å². The Morgan fingerprint density at radius 1 is 1.11 bits per heavy atom. The van der Waals surface area contributed by atoms with Gasteiger partial charge in [-0.2, -0.15) is 0 Å². The Morgan fingerprint density at radius 2 is 1.74 bits per heavy atom. The number of rotatable bonds is 3. The van der Waals surface area contributed by atoms with Gasteiger partial charge in [0.1, 0.15) is 0 Å². The number of aryl methyl sites for hydroxylation is 1. The van der Waals surface area contributed by atoms with E-state index in [1.165, 1.54) is 0 Å². The van der Waals surface area contributed by atoms with Crippen LogP contribution in [0, 0.1) is 6.92 Å². The summed E-state index contributed by atoms with van der Waals surface area (Å²) >= 11 is 0. The normalized spacial score (nSPS) is 11.3. The summed E-state index contributed by atoms with van der Waals surface area (Å²) in [5, 5.41) is 0. The Kier molecular flexibility index (Phi) is 3.38. The Bertz CT molecular complexity index is 583. The maximum Gasteiger partial charge on any atom is 0.174 e. The van der Waals surface area contributed by atoms with Crippen LogP contribution in [0.25, 0.3) is 0 Å². The average molecular weight is 254 g/mol. The van der Waals surface area contributed by atoms with Crippen molar-refractivity contribution < 1.29 is 4.79 Å². The fraction of sp³-hybridized carbons (Fsp3) is 0.250. The van der Waals surface area contributed by atoms with Gasteiger partial charge in [-0.05, 0) is 50.6 Å². The standard InChI is InChI=1S/C16H18N2O/c1-11-4-5-12(10-18-11)15(19)16(2,3)13-6-8-14(17)9-7-13/h4-10H,17H2,1-3H3. The molecule has 0 aliphatic carbocycles. The van der Waals surface area contributed by atoms with Crippen molar-refractivity contribution in [2.24, 2.45) is 0 Å². The van der Waals surface area contributed by atoms with E-state index in [0.29, 0.717) is 11.3 Å². The van der Waals surface area contributed by atoms with Crippen LogP contribution >= 0.6 is 0 Å². The highest BCUT2D eigenvalue weighted by molar-refractivity contribution is 6.03.